The second kappa shape index (κ2) is 36.4. The summed E-state index contributed by atoms with van der Waals surface area (Å²) in [6, 6.07) is -0.816. The summed E-state index contributed by atoms with van der Waals surface area (Å²) in [5.74, 6) is -0.521. The second-order valence-electron chi connectivity index (χ2n) is 13.5. The molecule has 0 heterocycles. The summed E-state index contributed by atoms with van der Waals surface area (Å²) in [5.41, 5.74) is 0. The Hall–Kier alpha value is -1.43. The molecule has 0 rings (SSSR count). The fourth-order valence-corrected chi connectivity index (χ4v) is 5.80. The molecule has 0 saturated heterocycles. The first-order valence-corrected chi connectivity index (χ1v) is 19.8. The number of rotatable bonds is 35. The van der Waals surface area contributed by atoms with E-state index in [1.807, 2.05) is 6.08 Å². The van der Waals surface area contributed by atoms with E-state index in [1.54, 1.807) is 6.08 Å². The molecule has 0 aromatic heterocycles. The maximum absolute atomic E-state index is 12.3. The molecule has 5 nitrogen and oxygen atoms in total. The quantitative estimate of drug-likeness (QED) is 0.0407. The highest BCUT2D eigenvalue weighted by atomic mass is 16.3. The minimum Gasteiger partial charge on any atom is -0.394 e. The zero-order valence-electron chi connectivity index (χ0n) is 30.5. The van der Waals surface area contributed by atoms with Gasteiger partial charge in [-0.15, -0.1) is 0 Å². The number of carbonyl (C=O) groups excluding carboxylic acids is 1. The molecule has 3 unspecified atom stereocenters. The Morgan fingerprint density at radius 1 is 0.522 bits per heavy atom. The lowest BCUT2D eigenvalue weighted by molar-refractivity contribution is -0.131. The van der Waals surface area contributed by atoms with E-state index in [0.717, 1.165) is 44.9 Å². The van der Waals surface area contributed by atoms with Crippen molar-refractivity contribution >= 4 is 5.91 Å². The fraction of sp³-hybridized carbons (Fsp3) is 0.829. The predicted octanol–water partition coefficient (Wildman–Crippen LogP) is 10.8. The van der Waals surface area contributed by atoms with Crippen LogP contribution in [0.5, 0.6) is 0 Å². The third-order valence-corrected chi connectivity index (χ3v) is 8.96. The van der Waals surface area contributed by atoms with Crippen molar-refractivity contribution in [2.24, 2.45) is 0 Å². The molecule has 5 heteroatoms. The number of aliphatic hydroxyl groups excluding tert-OH is 3. The number of amides is 1. The number of aliphatic hydroxyl groups is 3. The molecule has 0 bridgehead atoms. The van der Waals surface area contributed by atoms with E-state index in [2.05, 4.69) is 43.5 Å². The number of allylic oxidation sites excluding steroid dienone is 5. The number of hydrogen-bond acceptors (Lipinski definition) is 4. The van der Waals surface area contributed by atoms with Crippen LogP contribution >= 0.6 is 0 Å². The Labute approximate surface area is 285 Å². The Morgan fingerprint density at radius 2 is 0.891 bits per heavy atom. The normalized spacial score (nSPS) is 14.1. The lowest BCUT2D eigenvalue weighted by atomic mass is 10.0. The number of carbonyl (C=O) groups is 1. The molecular formula is C41H77NO4. The number of unbranched alkanes of at least 4 members (excludes halogenated alkanes) is 23. The largest absolute Gasteiger partial charge is 0.394 e. The molecule has 0 aromatic carbocycles. The first kappa shape index (κ1) is 44.6. The first-order chi connectivity index (χ1) is 22.6. The van der Waals surface area contributed by atoms with Crippen LogP contribution in [0.2, 0.25) is 0 Å². The van der Waals surface area contributed by atoms with E-state index in [1.165, 1.54) is 128 Å². The number of nitrogens with one attached hydrogen (secondary N) is 1. The van der Waals surface area contributed by atoms with Gasteiger partial charge in [0, 0.05) is 0 Å². The summed E-state index contributed by atoms with van der Waals surface area (Å²) in [6.07, 6.45) is 44.7. The molecule has 0 aliphatic rings. The van der Waals surface area contributed by atoms with Crippen molar-refractivity contribution < 1.29 is 20.1 Å². The Bertz CT molecular complexity index is 719. The van der Waals surface area contributed by atoms with Gasteiger partial charge in [0.1, 0.15) is 6.10 Å². The minimum absolute atomic E-state index is 0.380. The molecule has 46 heavy (non-hydrogen) atoms. The van der Waals surface area contributed by atoms with Crippen molar-refractivity contribution in [3.8, 4) is 0 Å². The van der Waals surface area contributed by atoms with Gasteiger partial charge in [-0.1, -0.05) is 185 Å². The molecule has 0 radical (unpaired) electrons. The average molecular weight is 648 g/mol. The minimum atomic E-state index is -1.10. The van der Waals surface area contributed by atoms with E-state index < -0.39 is 24.2 Å². The maximum Gasteiger partial charge on any atom is 0.249 e. The van der Waals surface area contributed by atoms with Gasteiger partial charge >= 0.3 is 0 Å². The van der Waals surface area contributed by atoms with Crippen LogP contribution in [0, 0.1) is 0 Å². The zero-order valence-corrected chi connectivity index (χ0v) is 30.5. The summed E-state index contributed by atoms with van der Waals surface area (Å²) in [4.78, 5) is 12.3. The van der Waals surface area contributed by atoms with Gasteiger partial charge in [0.15, 0.2) is 0 Å². The van der Waals surface area contributed by atoms with Crippen molar-refractivity contribution in [1.29, 1.82) is 0 Å². The second-order valence-corrected chi connectivity index (χ2v) is 13.5. The molecule has 1 amide bonds. The average Bonchev–Trinajstić information content (AvgIpc) is 3.06. The van der Waals surface area contributed by atoms with Gasteiger partial charge in [0.2, 0.25) is 5.91 Å². The van der Waals surface area contributed by atoms with Crippen molar-refractivity contribution in [1.82, 2.24) is 5.32 Å². The predicted molar refractivity (Wildman–Crippen MR) is 199 cm³/mol. The summed E-state index contributed by atoms with van der Waals surface area (Å²) in [7, 11) is 0. The van der Waals surface area contributed by atoms with Crippen molar-refractivity contribution in [2.75, 3.05) is 6.61 Å². The Kier molecular flexibility index (Phi) is 35.3. The van der Waals surface area contributed by atoms with Crippen LogP contribution in [-0.4, -0.2) is 46.1 Å². The van der Waals surface area contributed by atoms with Crippen molar-refractivity contribution in [2.45, 2.75) is 212 Å². The van der Waals surface area contributed by atoms with E-state index in [0.29, 0.717) is 6.42 Å². The van der Waals surface area contributed by atoms with Crippen LogP contribution in [0.25, 0.3) is 0 Å². The van der Waals surface area contributed by atoms with Gasteiger partial charge in [-0.25, -0.2) is 0 Å². The van der Waals surface area contributed by atoms with Crippen molar-refractivity contribution in [3.63, 3.8) is 0 Å². The molecule has 0 aliphatic heterocycles. The SMILES string of the molecule is CCCCCCCCCCCCCCC/C=C/CC/C=C/CC/C=C/C(O)C(CO)NC(=O)C(O)CCCCCCCCCCC. The smallest absolute Gasteiger partial charge is 0.249 e. The monoisotopic (exact) mass is 648 g/mol. The van der Waals surface area contributed by atoms with Crippen LogP contribution in [0.3, 0.4) is 0 Å². The lowest BCUT2D eigenvalue weighted by Gasteiger charge is -2.21. The van der Waals surface area contributed by atoms with E-state index >= 15 is 0 Å². The third kappa shape index (κ3) is 31.2. The van der Waals surface area contributed by atoms with E-state index in [4.69, 9.17) is 0 Å². The third-order valence-electron chi connectivity index (χ3n) is 8.96. The Morgan fingerprint density at radius 3 is 1.33 bits per heavy atom. The highest BCUT2D eigenvalue weighted by Gasteiger charge is 2.22. The van der Waals surface area contributed by atoms with Crippen LogP contribution in [0.1, 0.15) is 194 Å². The summed E-state index contributed by atoms with van der Waals surface area (Å²) < 4.78 is 0. The zero-order chi connectivity index (χ0) is 33.8. The number of hydrogen-bond donors (Lipinski definition) is 4. The highest BCUT2D eigenvalue weighted by molar-refractivity contribution is 5.80. The van der Waals surface area contributed by atoms with Gasteiger partial charge in [0.05, 0.1) is 18.8 Å². The molecule has 0 fully saturated rings. The standard InChI is InChI=1S/C41H77NO4/c1-3-5-7-9-11-13-14-15-16-17-18-19-20-21-22-23-24-25-26-28-29-31-33-35-39(44)38(37-43)42-41(46)40(45)36-34-32-30-27-12-10-8-6-4-2/h22-23,26,28,33,35,38-40,43-45H,3-21,24-25,27,29-32,34,36-37H2,1-2H3,(H,42,46)/b23-22+,28-26+,35-33+. The van der Waals surface area contributed by atoms with Gasteiger partial charge in [-0.2, -0.15) is 0 Å². The van der Waals surface area contributed by atoms with Crippen molar-refractivity contribution in [3.05, 3.63) is 36.5 Å². The lowest BCUT2D eigenvalue weighted by Crippen LogP contribution is -2.48. The summed E-state index contributed by atoms with van der Waals surface area (Å²) >= 11 is 0. The molecule has 4 N–H and O–H groups in total. The fourth-order valence-electron chi connectivity index (χ4n) is 5.80. The summed E-state index contributed by atoms with van der Waals surface area (Å²) in [5, 5.41) is 32.9. The maximum atomic E-state index is 12.3. The van der Waals surface area contributed by atoms with E-state index in [9.17, 15) is 20.1 Å². The van der Waals surface area contributed by atoms with Crippen LogP contribution in [0.4, 0.5) is 0 Å². The van der Waals surface area contributed by atoms with E-state index in [-0.39, 0.29) is 6.61 Å². The topological polar surface area (TPSA) is 89.8 Å². The highest BCUT2D eigenvalue weighted by Crippen LogP contribution is 2.14. The Balaban J connectivity index is 3.74. The van der Waals surface area contributed by atoms with Gasteiger partial charge in [-0.05, 0) is 44.9 Å². The molecule has 0 spiro atoms. The van der Waals surface area contributed by atoms with Crippen LogP contribution < -0.4 is 5.32 Å². The molecule has 0 aliphatic carbocycles. The molecular weight excluding hydrogens is 570 g/mol. The first-order valence-electron chi connectivity index (χ1n) is 19.8. The molecule has 0 aromatic rings. The summed E-state index contributed by atoms with van der Waals surface area (Å²) in [6.45, 7) is 4.13. The van der Waals surface area contributed by atoms with Crippen LogP contribution in [-0.2, 0) is 4.79 Å². The van der Waals surface area contributed by atoms with Gasteiger partial charge < -0.3 is 20.6 Å². The van der Waals surface area contributed by atoms with Gasteiger partial charge in [0.25, 0.3) is 0 Å². The molecule has 0 saturated carbocycles. The van der Waals surface area contributed by atoms with Crippen LogP contribution in [0.15, 0.2) is 36.5 Å². The molecule has 3 atom stereocenters. The molecule has 270 valence electrons. The van der Waals surface area contributed by atoms with Gasteiger partial charge in [-0.3, -0.25) is 4.79 Å².